The van der Waals surface area contributed by atoms with Crippen LogP contribution in [0.15, 0.2) is 30.3 Å². The Labute approximate surface area is 131 Å². The number of rotatable bonds is 6. The Hall–Kier alpha value is -1.88. The molecule has 0 bridgehead atoms. The fourth-order valence-corrected chi connectivity index (χ4v) is 2.84. The second-order valence-corrected chi connectivity index (χ2v) is 5.76. The van der Waals surface area contributed by atoms with Gasteiger partial charge in [-0.1, -0.05) is 30.3 Å². The zero-order valence-corrected chi connectivity index (χ0v) is 12.8. The first kappa shape index (κ1) is 16.5. The maximum atomic E-state index is 11.8. The number of nitrogens with one attached hydrogen (secondary N) is 1. The van der Waals surface area contributed by atoms with Gasteiger partial charge in [-0.25, -0.2) is 4.79 Å². The highest BCUT2D eigenvalue weighted by atomic mass is 16.5. The molecule has 1 aliphatic rings. The number of carbonyl (C=O) groups excluding carboxylic acids is 2. The Morgan fingerprint density at radius 1 is 1.14 bits per heavy atom. The standard InChI is InChI=1S/C17H24N2O3/c18-11-10-16(20)14-6-8-15(9-7-14)19-17(21)22-12-13-4-2-1-3-5-13/h1-5,14-15H,6-12,18H2,(H,19,21). The Morgan fingerprint density at radius 3 is 2.45 bits per heavy atom. The molecule has 0 heterocycles. The summed E-state index contributed by atoms with van der Waals surface area (Å²) < 4.78 is 5.21. The third kappa shape index (κ3) is 5.15. The molecule has 1 aromatic rings. The molecule has 0 radical (unpaired) electrons. The summed E-state index contributed by atoms with van der Waals surface area (Å²) in [6.07, 6.45) is 3.36. The van der Waals surface area contributed by atoms with Crippen LogP contribution >= 0.6 is 0 Å². The number of nitrogens with two attached hydrogens (primary N) is 1. The molecule has 0 spiro atoms. The number of ketones is 1. The second kappa shape index (κ2) is 8.54. The van der Waals surface area contributed by atoms with Gasteiger partial charge in [-0.2, -0.15) is 0 Å². The second-order valence-electron chi connectivity index (χ2n) is 5.76. The zero-order valence-electron chi connectivity index (χ0n) is 12.8. The average molecular weight is 304 g/mol. The summed E-state index contributed by atoms with van der Waals surface area (Å²) >= 11 is 0. The third-order valence-corrected chi connectivity index (χ3v) is 4.11. The van der Waals surface area contributed by atoms with Gasteiger partial charge in [-0.15, -0.1) is 0 Å². The van der Waals surface area contributed by atoms with Crippen molar-refractivity contribution in [2.45, 2.75) is 44.8 Å². The zero-order chi connectivity index (χ0) is 15.8. The number of hydrogen-bond acceptors (Lipinski definition) is 4. The lowest BCUT2D eigenvalue weighted by Crippen LogP contribution is -2.39. The molecule has 1 amide bonds. The monoisotopic (exact) mass is 304 g/mol. The number of benzene rings is 1. The smallest absolute Gasteiger partial charge is 0.407 e. The molecular weight excluding hydrogens is 280 g/mol. The average Bonchev–Trinajstić information content (AvgIpc) is 2.55. The summed E-state index contributed by atoms with van der Waals surface area (Å²) in [6, 6.07) is 9.69. The first-order chi connectivity index (χ1) is 10.7. The molecule has 1 aliphatic carbocycles. The van der Waals surface area contributed by atoms with Crippen molar-refractivity contribution in [3.05, 3.63) is 35.9 Å². The molecule has 1 saturated carbocycles. The van der Waals surface area contributed by atoms with Crippen molar-refractivity contribution in [3.8, 4) is 0 Å². The molecule has 0 atom stereocenters. The van der Waals surface area contributed by atoms with Crippen molar-refractivity contribution in [2.75, 3.05) is 6.54 Å². The Kier molecular flexibility index (Phi) is 6.40. The van der Waals surface area contributed by atoms with E-state index in [0.29, 0.717) is 13.0 Å². The van der Waals surface area contributed by atoms with Crippen LogP contribution in [0.5, 0.6) is 0 Å². The molecule has 0 saturated heterocycles. The van der Waals surface area contributed by atoms with E-state index in [0.717, 1.165) is 31.2 Å². The van der Waals surface area contributed by atoms with Crippen molar-refractivity contribution in [1.29, 1.82) is 0 Å². The minimum atomic E-state index is -0.388. The first-order valence-electron chi connectivity index (χ1n) is 7.89. The summed E-state index contributed by atoms with van der Waals surface area (Å²) in [4.78, 5) is 23.6. The quantitative estimate of drug-likeness (QED) is 0.845. The van der Waals surface area contributed by atoms with Crippen molar-refractivity contribution in [2.24, 2.45) is 11.7 Å². The molecule has 5 heteroatoms. The van der Waals surface area contributed by atoms with Gasteiger partial charge in [-0.05, 0) is 37.8 Å². The van der Waals surface area contributed by atoms with Crippen LogP contribution < -0.4 is 11.1 Å². The summed E-state index contributed by atoms with van der Waals surface area (Å²) in [5.74, 6) is 0.370. The van der Waals surface area contributed by atoms with Crippen LogP contribution in [0.25, 0.3) is 0 Å². The van der Waals surface area contributed by atoms with Crippen molar-refractivity contribution in [1.82, 2.24) is 5.32 Å². The number of alkyl carbamates (subject to hydrolysis) is 1. The highest BCUT2D eigenvalue weighted by Gasteiger charge is 2.26. The Balaban J connectivity index is 1.67. The summed E-state index contributed by atoms with van der Waals surface area (Å²) in [5.41, 5.74) is 6.38. The van der Waals surface area contributed by atoms with Gasteiger partial charge in [0.1, 0.15) is 12.4 Å². The van der Waals surface area contributed by atoms with E-state index in [1.54, 1.807) is 0 Å². The minimum absolute atomic E-state index is 0.102. The summed E-state index contributed by atoms with van der Waals surface area (Å²) in [7, 11) is 0. The van der Waals surface area contributed by atoms with E-state index in [4.69, 9.17) is 10.5 Å². The van der Waals surface area contributed by atoms with Gasteiger partial charge in [0.05, 0.1) is 0 Å². The highest BCUT2D eigenvalue weighted by molar-refractivity contribution is 5.81. The van der Waals surface area contributed by atoms with Crippen LogP contribution in [0, 0.1) is 5.92 Å². The van der Waals surface area contributed by atoms with Gasteiger partial charge in [0.2, 0.25) is 0 Å². The molecule has 1 fully saturated rings. The number of amides is 1. The predicted molar refractivity (Wildman–Crippen MR) is 84.2 cm³/mol. The Bertz CT molecular complexity index is 482. The highest BCUT2D eigenvalue weighted by Crippen LogP contribution is 2.25. The molecule has 0 aromatic heterocycles. The lowest BCUT2D eigenvalue weighted by atomic mass is 9.82. The first-order valence-corrected chi connectivity index (χ1v) is 7.89. The van der Waals surface area contributed by atoms with E-state index >= 15 is 0 Å². The lowest BCUT2D eigenvalue weighted by Gasteiger charge is -2.28. The topological polar surface area (TPSA) is 81.4 Å². The largest absolute Gasteiger partial charge is 0.445 e. The van der Waals surface area contributed by atoms with Crippen LogP contribution in [-0.2, 0) is 16.1 Å². The van der Waals surface area contributed by atoms with Crippen molar-refractivity contribution < 1.29 is 14.3 Å². The number of Topliss-reactive ketones (excluding diaryl/α,β-unsaturated/α-hetero) is 1. The van der Waals surface area contributed by atoms with Crippen LogP contribution in [0.4, 0.5) is 4.79 Å². The normalized spacial score (nSPS) is 21.1. The number of hydrogen-bond donors (Lipinski definition) is 2. The van der Waals surface area contributed by atoms with Crippen molar-refractivity contribution >= 4 is 11.9 Å². The van der Waals surface area contributed by atoms with E-state index in [2.05, 4.69) is 5.32 Å². The molecule has 1 aromatic carbocycles. The van der Waals surface area contributed by atoms with E-state index in [9.17, 15) is 9.59 Å². The molecule has 3 N–H and O–H groups in total. The molecular formula is C17H24N2O3. The van der Waals surface area contributed by atoms with Gasteiger partial charge >= 0.3 is 6.09 Å². The molecule has 120 valence electrons. The maximum Gasteiger partial charge on any atom is 0.407 e. The van der Waals surface area contributed by atoms with Crippen LogP contribution in [0.2, 0.25) is 0 Å². The molecule has 5 nitrogen and oxygen atoms in total. The molecule has 22 heavy (non-hydrogen) atoms. The van der Waals surface area contributed by atoms with E-state index in [1.165, 1.54) is 0 Å². The van der Waals surface area contributed by atoms with Gasteiger partial charge in [0.25, 0.3) is 0 Å². The molecule has 0 unspecified atom stereocenters. The van der Waals surface area contributed by atoms with Gasteiger partial charge in [0, 0.05) is 18.4 Å². The van der Waals surface area contributed by atoms with E-state index < -0.39 is 0 Å². The third-order valence-electron chi connectivity index (χ3n) is 4.11. The molecule has 2 rings (SSSR count). The van der Waals surface area contributed by atoms with Crippen LogP contribution in [0.1, 0.15) is 37.7 Å². The van der Waals surface area contributed by atoms with Gasteiger partial charge in [-0.3, -0.25) is 4.79 Å². The maximum absolute atomic E-state index is 11.8. The number of ether oxygens (including phenoxy) is 1. The van der Waals surface area contributed by atoms with Gasteiger partial charge in [0.15, 0.2) is 0 Å². The van der Waals surface area contributed by atoms with E-state index in [-0.39, 0.29) is 30.4 Å². The Morgan fingerprint density at radius 2 is 1.82 bits per heavy atom. The van der Waals surface area contributed by atoms with Crippen molar-refractivity contribution in [3.63, 3.8) is 0 Å². The predicted octanol–water partition coefficient (Wildman–Crippen LogP) is 2.39. The van der Waals surface area contributed by atoms with Crippen LogP contribution in [0.3, 0.4) is 0 Å². The fourth-order valence-electron chi connectivity index (χ4n) is 2.84. The summed E-state index contributed by atoms with van der Waals surface area (Å²) in [6.45, 7) is 0.694. The fraction of sp³-hybridized carbons (Fsp3) is 0.529. The minimum Gasteiger partial charge on any atom is -0.445 e. The van der Waals surface area contributed by atoms with Crippen LogP contribution in [-0.4, -0.2) is 24.5 Å². The molecule has 0 aliphatic heterocycles. The summed E-state index contributed by atoms with van der Waals surface area (Å²) in [5, 5.41) is 2.88. The lowest BCUT2D eigenvalue weighted by molar-refractivity contribution is -0.123. The number of carbonyl (C=O) groups is 2. The van der Waals surface area contributed by atoms with E-state index in [1.807, 2.05) is 30.3 Å². The van der Waals surface area contributed by atoms with Gasteiger partial charge < -0.3 is 15.8 Å². The SMILES string of the molecule is NCCC(=O)C1CCC(NC(=O)OCc2ccccc2)CC1.